The molecule has 21 heavy (non-hydrogen) atoms. The maximum absolute atomic E-state index is 11.9. The predicted molar refractivity (Wildman–Crippen MR) is 75.7 cm³/mol. The van der Waals surface area contributed by atoms with E-state index in [1.807, 2.05) is 0 Å². The number of hydrogen-bond donors (Lipinski definition) is 2. The van der Waals surface area contributed by atoms with Crippen LogP contribution in [0.1, 0.15) is 50.0 Å². The standard InChI is InChI=1S/C14H22N4O3/c1-10(2)6-14(4-3-5-14)9-15-12(19)8-18-7-11(13(20)21)16-17-18/h7,10H,3-6,8-9H2,1-2H3,(H,15,19)(H,20,21). The summed E-state index contributed by atoms with van der Waals surface area (Å²) in [6.07, 6.45) is 5.94. The van der Waals surface area contributed by atoms with Gasteiger partial charge in [0, 0.05) is 6.54 Å². The van der Waals surface area contributed by atoms with Crippen LogP contribution >= 0.6 is 0 Å². The first-order chi connectivity index (χ1) is 9.90. The Balaban J connectivity index is 1.82. The highest BCUT2D eigenvalue weighted by Crippen LogP contribution is 2.45. The first-order valence-corrected chi connectivity index (χ1v) is 7.30. The van der Waals surface area contributed by atoms with Crippen LogP contribution in [0.15, 0.2) is 6.20 Å². The molecule has 1 aliphatic carbocycles. The number of carboxylic acid groups (broad SMARTS) is 1. The maximum atomic E-state index is 11.9. The third-order valence-corrected chi connectivity index (χ3v) is 3.98. The zero-order valence-electron chi connectivity index (χ0n) is 12.5. The number of amides is 1. The van der Waals surface area contributed by atoms with E-state index >= 15 is 0 Å². The highest BCUT2D eigenvalue weighted by atomic mass is 16.4. The fourth-order valence-corrected chi connectivity index (χ4v) is 2.96. The summed E-state index contributed by atoms with van der Waals surface area (Å²) in [5.74, 6) is -0.686. The molecule has 1 aromatic rings. The maximum Gasteiger partial charge on any atom is 0.358 e. The van der Waals surface area contributed by atoms with Crippen LogP contribution < -0.4 is 5.32 Å². The molecular formula is C14H22N4O3. The van der Waals surface area contributed by atoms with Crippen LogP contribution in [0.3, 0.4) is 0 Å². The highest BCUT2D eigenvalue weighted by molar-refractivity contribution is 5.84. The van der Waals surface area contributed by atoms with E-state index in [1.54, 1.807) is 0 Å². The summed E-state index contributed by atoms with van der Waals surface area (Å²) in [4.78, 5) is 22.6. The van der Waals surface area contributed by atoms with Gasteiger partial charge >= 0.3 is 5.97 Å². The van der Waals surface area contributed by atoms with E-state index in [-0.39, 0.29) is 23.6 Å². The van der Waals surface area contributed by atoms with Crippen molar-refractivity contribution in [1.82, 2.24) is 20.3 Å². The molecule has 116 valence electrons. The van der Waals surface area contributed by atoms with Crippen molar-refractivity contribution in [2.45, 2.75) is 46.1 Å². The molecule has 0 bridgehead atoms. The average molecular weight is 294 g/mol. The molecule has 0 spiro atoms. The van der Waals surface area contributed by atoms with Gasteiger partial charge in [-0.1, -0.05) is 25.5 Å². The Labute approximate surface area is 123 Å². The van der Waals surface area contributed by atoms with Gasteiger partial charge in [0.25, 0.3) is 0 Å². The number of carboxylic acids is 1. The number of aromatic nitrogens is 3. The minimum absolute atomic E-state index is 0.00195. The van der Waals surface area contributed by atoms with Gasteiger partial charge in [-0.2, -0.15) is 0 Å². The van der Waals surface area contributed by atoms with Crippen LogP contribution in [0.4, 0.5) is 0 Å². The molecule has 7 heteroatoms. The Hall–Kier alpha value is -1.92. The van der Waals surface area contributed by atoms with Gasteiger partial charge in [-0.3, -0.25) is 4.79 Å². The van der Waals surface area contributed by atoms with E-state index in [0.29, 0.717) is 12.5 Å². The summed E-state index contributed by atoms with van der Waals surface area (Å²) in [5, 5.41) is 18.8. The van der Waals surface area contributed by atoms with E-state index < -0.39 is 5.97 Å². The summed E-state index contributed by atoms with van der Waals surface area (Å²) in [7, 11) is 0. The second-order valence-electron chi connectivity index (χ2n) is 6.33. The SMILES string of the molecule is CC(C)CC1(CNC(=O)Cn2cc(C(=O)O)nn2)CCC1. The number of nitrogens with zero attached hydrogens (tertiary/aromatic N) is 3. The van der Waals surface area contributed by atoms with Crippen molar-refractivity contribution >= 4 is 11.9 Å². The minimum Gasteiger partial charge on any atom is -0.476 e. The summed E-state index contributed by atoms with van der Waals surface area (Å²) < 4.78 is 1.24. The molecule has 1 heterocycles. The third-order valence-electron chi connectivity index (χ3n) is 3.98. The van der Waals surface area contributed by atoms with Gasteiger partial charge < -0.3 is 10.4 Å². The van der Waals surface area contributed by atoms with E-state index in [1.165, 1.54) is 17.3 Å². The second kappa shape index (κ2) is 6.24. The molecule has 2 N–H and O–H groups in total. The van der Waals surface area contributed by atoms with Crippen LogP contribution in [0.5, 0.6) is 0 Å². The molecule has 2 rings (SSSR count). The first-order valence-electron chi connectivity index (χ1n) is 7.30. The molecule has 1 saturated carbocycles. The smallest absolute Gasteiger partial charge is 0.358 e. The lowest BCUT2D eigenvalue weighted by Crippen LogP contribution is -2.43. The number of carbonyl (C=O) groups is 2. The van der Waals surface area contributed by atoms with Gasteiger partial charge in [0.05, 0.1) is 6.20 Å². The van der Waals surface area contributed by atoms with Gasteiger partial charge in [-0.15, -0.1) is 5.10 Å². The van der Waals surface area contributed by atoms with Gasteiger partial charge in [-0.05, 0) is 30.6 Å². The summed E-state index contributed by atoms with van der Waals surface area (Å²) in [6.45, 7) is 5.08. The van der Waals surface area contributed by atoms with Crippen LogP contribution in [0.25, 0.3) is 0 Å². The Morgan fingerprint density at radius 1 is 1.48 bits per heavy atom. The normalized spacial score (nSPS) is 16.5. The van der Waals surface area contributed by atoms with Crippen molar-refractivity contribution in [2.24, 2.45) is 11.3 Å². The lowest BCUT2D eigenvalue weighted by Gasteiger charge is -2.43. The topological polar surface area (TPSA) is 97.1 Å². The second-order valence-corrected chi connectivity index (χ2v) is 6.33. The Morgan fingerprint density at radius 3 is 2.67 bits per heavy atom. The highest BCUT2D eigenvalue weighted by Gasteiger charge is 2.37. The molecule has 1 aromatic heterocycles. The van der Waals surface area contributed by atoms with Gasteiger partial charge in [0.15, 0.2) is 5.69 Å². The molecule has 1 aliphatic rings. The summed E-state index contributed by atoms with van der Waals surface area (Å²) in [5.41, 5.74) is 0.0939. The molecular weight excluding hydrogens is 272 g/mol. The Morgan fingerprint density at radius 2 is 2.19 bits per heavy atom. The van der Waals surface area contributed by atoms with E-state index in [4.69, 9.17) is 5.11 Å². The third kappa shape index (κ3) is 4.03. The van der Waals surface area contributed by atoms with E-state index in [9.17, 15) is 9.59 Å². The quantitative estimate of drug-likeness (QED) is 0.790. The number of rotatable bonds is 7. The van der Waals surface area contributed by atoms with Gasteiger partial charge in [-0.25, -0.2) is 9.48 Å². The van der Waals surface area contributed by atoms with Crippen LogP contribution in [0.2, 0.25) is 0 Å². The molecule has 1 fully saturated rings. The van der Waals surface area contributed by atoms with Crippen molar-refractivity contribution in [1.29, 1.82) is 0 Å². The molecule has 0 aliphatic heterocycles. The van der Waals surface area contributed by atoms with Gasteiger partial charge in [0.2, 0.25) is 5.91 Å². The summed E-state index contributed by atoms with van der Waals surface area (Å²) >= 11 is 0. The largest absolute Gasteiger partial charge is 0.476 e. The number of carbonyl (C=O) groups excluding carboxylic acids is 1. The van der Waals surface area contributed by atoms with E-state index in [2.05, 4.69) is 29.5 Å². The van der Waals surface area contributed by atoms with Crippen molar-refractivity contribution in [3.8, 4) is 0 Å². The van der Waals surface area contributed by atoms with Crippen LogP contribution in [0, 0.1) is 11.3 Å². The Bertz CT molecular complexity index is 520. The predicted octanol–water partition coefficient (Wildman–Crippen LogP) is 1.31. The molecule has 0 unspecified atom stereocenters. The fraction of sp³-hybridized carbons (Fsp3) is 0.714. The molecule has 0 saturated heterocycles. The van der Waals surface area contributed by atoms with Crippen LogP contribution in [-0.4, -0.2) is 38.5 Å². The molecule has 0 radical (unpaired) electrons. The zero-order chi connectivity index (χ0) is 15.5. The number of aromatic carboxylic acids is 1. The first kappa shape index (κ1) is 15.5. The van der Waals surface area contributed by atoms with Crippen molar-refractivity contribution in [3.63, 3.8) is 0 Å². The van der Waals surface area contributed by atoms with Crippen molar-refractivity contribution in [2.75, 3.05) is 6.54 Å². The van der Waals surface area contributed by atoms with Crippen LogP contribution in [-0.2, 0) is 11.3 Å². The van der Waals surface area contributed by atoms with Gasteiger partial charge in [0.1, 0.15) is 6.54 Å². The fourth-order valence-electron chi connectivity index (χ4n) is 2.96. The molecule has 7 nitrogen and oxygen atoms in total. The summed E-state index contributed by atoms with van der Waals surface area (Å²) in [6, 6.07) is 0. The zero-order valence-corrected chi connectivity index (χ0v) is 12.5. The van der Waals surface area contributed by atoms with E-state index in [0.717, 1.165) is 19.3 Å². The monoisotopic (exact) mass is 294 g/mol. The van der Waals surface area contributed by atoms with Crippen molar-refractivity contribution < 1.29 is 14.7 Å². The van der Waals surface area contributed by atoms with Crippen molar-refractivity contribution in [3.05, 3.63) is 11.9 Å². The lowest BCUT2D eigenvalue weighted by molar-refractivity contribution is -0.122. The average Bonchev–Trinajstić information content (AvgIpc) is 2.80. The number of nitrogens with one attached hydrogen (secondary N) is 1. The molecule has 0 atom stereocenters. The molecule has 0 aromatic carbocycles. The number of hydrogen-bond acceptors (Lipinski definition) is 4. The lowest BCUT2D eigenvalue weighted by atomic mass is 9.64. The molecule has 1 amide bonds. The minimum atomic E-state index is -1.15. The Kier molecular flexibility index (Phi) is 4.59.